The molecule has 1 N–H and O–H groups in total. The molecule has 0 spiro atoms. The lowest BCUT2D eigenvalue weighted by Gasteiger charge is -2.29. The van der Waals surface area contributed by atoms with Crippen LogP contribution in [0.15, 0.2) is 0 Å². The Morgan fingerprint density at radius 1 is 1.04 bits per heavy atom. The van der Waals surface area contributed by atoms with Crippen LogP contribution in [-0.2, 0) is 9.47 Å². The Hall–Kier alpha value is -0.200. The fourth-order valence-electron chi connectivity index (χ4n) is 4.20. The van der Waals surface area contributed by atoms with Gasteiger partial charge in [0.2, 0.25) is 0 Å². The third-order valence-electron chi connectivity index (χ3n) is 5.44. The maximum absolute atomic E-state index is 10.2. The Morgan fingerprint density at radius 2 is 1.91 bits per heavy atom. The number of β-amino-alcohol motifs (C(OH)–C–C–N with tert-alkyl or cyclic N) is 1. The monoisotopic (exact) mass is 326 g/mol. The standard InChI is InChI=1S/C18H34N2O3/c21-17(14-22-15-18-5-4-10-23-18)13-20-9-6-16(12-20)11-19-7-2-1-3-8-19/h16-18,21H,1-15H2. The molecule has 0 aromatic rings. The van der Waals surface area contributed by atoms with E-state index in [1.165, 1.54) is 45.3 Å². The second-order valence-electron chi connectivity index (χ2n) is 7.60. The SMILES string of the molecule is OC(COCC1CCCO1)CN1CCC(CN2CCCCC2)C1. The van der Waals surface area contributed by atoms with E-state index in [1.54, 1.807) is 0 Å². The zero-order valence-corrected chi connectivity index (χ0v) is 14.5. The van der Waals surface area contributed by atoms with Crippen LogP contribution in [0.5, 0.6) is 0 Å². The quantitative estimate of drug-likeness (QED) is 0.729. The largest absolute Gasteiger partial charge is 0.389 e. The maximum atomic E-state index is 10.2. The molecule has 3 unspecified atom stereocenters. The molecule has 3 fully saturated rings. The van der Waals surface area contributed by atoms with Gasteiger partial charge in [0, 0.05) is 26.2 Å². The minimum absolute atomic E-state index is 0.253. The number of ether oxygens (including phenoxy) is 2. The Morgan fingerprint density at radius 3 is 2.70 bits per heavy atom. The molecule has 134 valence electrons. The molecule has 3 rings (SSSR count). The third kappa shape index (κ3) is 5.98. The van der Waals surface area contributed by atoms with Crippen molar-refractivity contribution in [3.05, 3.63) is 0 Å². The van der Waals surface area contributed by atoms with E-state index in [0.29, 0.717) is 13.2 Å². The van der Waals surface area contributed by atoms with Gasteiger partial charge in [-0.1, -0.05) is 6.42 Å². The average molecular weight is 326 g/mol. The van der Waals surface area contributed by atoms with Gasteiger partial charge in [-0.05, 0) is 57.7 Å². The minimum Gasteiger partial charge on any atom is -0.389 e. The van der Waals surface area contributed by atoms with Crippen LogP contribution in [-0.4, -0.2) is 86.2 Å². The molecule has 0 saturated carbocycles. The number of hydrogen-bond donors (Lipinski definition) is 1. The highest BCUT2D eigenvalue weighted by Crippen LogP contribution is 2.20. The molecule has 0 amide bonds. The fourth-order valence-corrected chi connectivity index (χ4v) is 4.20. The first-order chi connectivity index (χ1) is 11.3. The van der Waals surface area contributed by atoms with Crippen LogP contribution in [0.4, 0.5) is 0 Å². The summed E-state index contributed by atoms with van der Waals surface area (Å²) in [5, 5.41) is 10.2. The van der Waals surface area contributed by atoms with Gasteiger partial charge in [0.1, 0.15) is 0 Å². The molecule has 3 aliphatic heterocycles. The molecular formula is C18H34N2O3. The Bertz CT molecular complexity index is 330. The Balaban J connectivity index is 1.26. The molecule has 0 radical (unpaired) electrons. The Labute approximate surface area is 140 Å². The van der Waals surface area contributed by atoms with Gasteiger partial charge >= 0.3 is 0 Å². The number of aliphatic hydroxyl groups excluding tert-OH is 1. The number of likely N-dealkylation sites (tertiary alicyclic amines) is 2. The lowest BCUT2D eigenvalue weighted by atomic mass is 10.1. The highest BCUT2D eigenvalue weighted by molar-refractivity contribution is 4.80. The highest BCUT2D eigenvalue weighted by atomic mass is 16.5. The maximum Gasteiger partial charge on any atom is 0.0900 e. The van der Waals surface area contributed by atoms with E-state index in [4.69, 9.17) is 9.47 Å². The molecule has 3 atom stereocenters. The predicted molar refractivity (Wildman–Crippen MR) is 90.6 cm³/mol. The van der Waals surface area contributed by atoms with Gasteiger partial charge < -0.3 is 24.4 Å². The molecule has 0 aromatic carbocycles. The molecule has 5 heteroatoms. The molecule has 0 aromatic heterocycles. The first kappa shape index (κ1) is 17.6. The second kappa shape index (κ2) is 9.33. The molecule has 3 aliphatic rings. The van der Waals surface area contributed by atoms with Gasteiger partial charge in [0.15, 0.2) is 0 Å². The van der Waals surface area contributed by atoms with Crippen molar-refractivity contribution in [1.82, 2.24) is 9.80 Å². The number of nitrogens with zero attached hydrogens (tertiary/aromatic N) is 2. The minimum atomic E-state index is -0.370. The van der Waals surface area contributed by atoms with E-state index in [1.807, 2.05) is 0 Å². The van der Waals surface area contributed by atoms with Crippen molar-refractivity contribution in [2.45, 2.75) is 50.7 Å². The summed E-state index contributed by atoms with van der Waals surface area (Å²) in [6.45, 7) is 8.78. The molecule has 0 aliphatic carbocycles. The van der Waals surface area contributed by atoms with E-state index in [0.717, 1.165) is 45.0 Å². The number of rotatable bonds is 8. The lowest BCUT2D eigenvalue weighted by Crippen LogP contribution is -2.37. The summed E-state index contributed by atoms with van der Waals surface area (Å²) in [4.78, 5) is 5.05. The van der Waals surface area contributed by atoms with E-state index in [9.17, 15) is 5.11 Å². The topological polar surface area (TPSA) is 45.2 Å². The van der Waals surface area contributed by atoms with Crippen molar-refractivity contribution in [3.63, 3.8) is 0 Å². The number of aliphatic hydroxyl groups is 1. The summed E-state index contributed by atoms with van der Waals surface area (Å²) in [6, 6.07) is 0. The summed E-state index contributed by atoms with van der Waals surface area (Å²) >= 11 is 0. The van der Waals surface area contributed by atoms with Crippen molar-refractivity contribution in [2.24, 2.45) is 5.92 Å². The van der Waals surface area contributed by atoms with Crippen molar-refractivity contribution in [1.29, 1.82) is 0 Å². The lowest BCUT2D eigenvalue weighted by molar-refractivity contribution is -0.0238. The van der Waals surface area contributed by atoms with Crippen LogP contribution in [0, 0.1) is 5.92 Å². The molecule has 3 saturated heterocycles. The van der Waals surface area contributed by atoms with E-state index >= 15 is 0 Å². The van der Waals surface area contributed by atoms with Crippen LogP contribution < -0.4 is 0 Å². The predicted octanol–water partition coefficient (Wildman–Crippen LogP) is 1.35. The average Bonchev–Trinajstić information content (AvgIpc) is 3.21. The van der Waals surface area contributed by atoms with Crippen molar-refractivity contribution < 1.29 is 14.6 Å². The van der Waals surface area contributed by atoms with Crippen LogP contribution in [0.3, 0.4) is 0 Å². The van der Waals surface area contributed by atoms with Crippen LogP contribution in [0.25, 0.3) is 0 Å². The zero-order chi connectivity index (χ0) is 15.9. The first-order valence-corrected chi connectivity index (χ1v) is 9.62. The summed E-state index contributed by atoms with van der Waals surface area (Å²) in [6.07, 6.45) is 7.55. The van der Waals surface area contributed by atoms with Crippen LogP contribution in [0.2, 0.25) is 0 Å². The van der Waals surface area contributed by atoms with Gasteiger partial charge in [0.25, 0.3) is 0 Å². The Kier molecular flexibility index (Phi) is 7.14. The smallest absolute Gasteiger partial charge is 0.0900 e. The van der Waals surface area contributed by atoms with Gasteiger partial charge in [-0.3, -0.25) is 0 Å². The fraction of sp³-hybridized carbons (Fsp3) is 1.00. The number of hydrogen-bond acceptors (Lipinski definition) is 5. The van der Waals surface area contributed by atoms with Crippen LogP contribution >= 0.6 is 0 Å². The summed E-state index contributed by atoms with van der Waals surface area (Å²) in [5.41, 5.74) is 0. The summed E-state index contributed by atoms with van der Waals surface area (Å²) in [5.74, 6) is 0.785. The second-order valence-corrected chi connectivity index (χ2v) is 7.60. The van der Waals surface area contributed by atoms with E-state index < -0.39 is 0 Å². The molecular weight excluding hydrogens is 292 g/mol. The van der Waals surface area contributed by atoms with Gasteiger partial charge in [-0.2, -0.15) is 0 Å². The highest BCUT2D eigenvalue weighted by Gasteiger charge is 2.26. The van der Waals surface area contributed by atoms with Gasteiger partial charge in [-0.25, -0.2) is 0 Å². The molecule has 5 nitrogen and oxygen atoms in total. The third-order valence-corrected chi connectivity index (χ3v) is 5.44. The van der Waals surface area contributed by atoms with E-state index in [2.05, 4.69) is 9.80 Å². The zero-order valence-electron chi connectivity index (χ0n) is 14.5. The van der Waals surface area contributed by atoms with Gasteiger partial charge in [0.05, 0.1) is 25.4 Å². The van der Waals surface area contributed by atoms with Crippen molar-refractivity contribution in [3.8, 4) is 0 Å². The first-order valence-electron chi connectivity index (χ1n) is 9.62. The molecule has 3 heterocycles. The van der Waals surface area contributed by atoms with E-state index in [-0.39, 0.29) is 12.2 Å². The summed E-state index contributed by atoms with van der Waals surface area (Å²) in [7, 11) is 0. The molecule has 23 heavy (non-hydrogen) atoms. The summed E-state index contributed by atoms with van der Waals surface area (Å²) < 4.78 is 11.2. The molecule has 0 bridgehead atoms. The van der Waals surface area contributed by atoms with Crippen molar-refractivity contribution in [2.75, 3.05) is 59.1 Å². The van der Waals surface area contributed by atoms with Crippen LogP contribution in [0.1, 0.15) is 38.5 Å². The van der Waals surface area contributed by atoms with Crippen molar-refractivity contribution >= 4 is 0 Å². The number of piperidine rings is 1. The van der Waals surface area contributed by atoms with Gasteiger partial charge in [-0.15, -0.1) is 0 Å². The normalized spacial score (nSPS) is 31.7.